The van der Waals surface area contributed by atoms with Crippen molar-refractivity contribution in [2.24, 2.45) is 0 Å². The molecule has 0 bridgehead atoms. The van der Waals surface area contributed by atoms with E-state index in [-0.39, 0.29) is 31.3 Å². The summed E-state index contributed by atoms with van der Waals surface area (Å²) in [4.78, 5) is 38.4. The third kappa shape index (κ3) is 35.4. The molecule has 0 rings (SSSR count). The number of nitrogens with one attached hydrogen (secondary N) is 1. The van der Waals surface area contributed by atoms with Crippen LogP contribution in [0, 0.1) is 0 Å². The first-order chi connectivity index (χ1) is 25.3. The summed E-state index contributed by atoms with van der Waals surface area (Å²) < 4.78 is 11.9. The fourth-order valence-corrected chi connectivity index (χ4v) is 6.76. The third-order valence-electron chi connectivity index (χ3n) is 10.4. The maximum atomic E-state index is 13.0. The van der Waals surface area contributed by atoms with Gasteiger partial charge in [0.1, 0.15) is 12.6 Å². The van der Waals surface area contributed by atoms with Gasteiger partial charge in [0.15, 0.2) is 0 Å². The number of quaternary nitrogens is 1. The van der Waals surface area contributed by atoms with E-state index in [1.807, 2.05) is 0 Å². The highest BCUT2D eigenvalue weighted by Crippen LogP contribution is 2.14. The van der Waals surface area contributed by atoms with E-state index < -0.39 is 12.0 Å². The summed E-state index contributed by atoms with van der Waals surface area (Å²) in [6, 6.07) is -0.818. The van der Waals surface area contributed by atoms with E-state index >= 15 is 0 Å². The van der Waals surface area contributed by atoms with Crippen LogP contribution in [0.4, 0.5) is 0 Å². The van der Waals surface area contributed by atoms with Crippen LogP contribution >= 0.6 is 0 Å². The summed E-state index contributed by atoms with van der Waals surface area (Å²) in [5, 5.41) is 12.1. The molecule has 0 fully saturated rings. The number of hydrogen-bond donors (Lipinski definition) is 2. The van der Waals surface area contributed by atoms with Gasteiger partial charge in [-0.3, -0.25) is 9.59 Å². The van der Waals surface area contributed by atoms with Crippen molar-refractivity contribution in [3.8, 4) is 0 Å². The maximum Gasteiger partial charge on any atom is 0.328 e. The van der Waals surface area contributed by atoms with Crippen LogP contribution in [0.5, 0.6) is 0 Å². The molecule has 0 heterocycles. The van der Waals surface area contributed by atoms with E-state index in [1.54, 1.807) is 0 Å². The molecule has 0 aliphatic rings. The molecule has 0 saturated carbocycles. The average Bonchev–Trinajstić information content (AvgIpc) is 3.11. The van der Waals surface area contributed by atoms with Crippen LogP contribution in [0.15, 0.2) is 0 Å². The minimum Gasteiger partial charge on any atom is -0.466 e. The van der Waals surface area contributed by atoms with Crippen LogP contribution < -0.4 is 5.32 Å². The molecule has 52 heavy (non-hydrogen) atoms. The Kier molecular flexibility index (Phi) is 36.4. The second kappa shape index (κ2) is 37.6. The molecule has 0 saturated heterocycles. The van der Waals surface area contributed by atoms with Gasteiger partial charge in [-0.25, -0.2) is 4.79 Å². The van der Waals surface area contributed by atoms with Gasteiger partial charge in [-0.15, -0.1) is 0 Å². The Balaban J connectivity index is 4.39. The largest absolute Gasteiger partial charge is 0.466 e. The molecule has 8 nitrogen and oxygen atoms in total. The minimum atomic E-state index is -0.818. The lowest BCUT2D eigenvalue weighted by atomic mass is 10.1. The first kappa shape index (κ1) is 50.3. The number of carbonyl (C=O) groups excluding carboxylic acids is 3. The monoisotopic (exact) mass is 740 g/mol. The lowest BCUT2D eigenvalue weighted by Crippen LogP contribution is -2.42. The number of unbranched alkanes of at least 4 members (excludes halogenated alkanes) is 25. The summed E-state index contributed by atoms with van der Waals surface area (Å²) in [6.07, 6.45) is 34.0. The third-order valence-corrected chi connectivity index (χ3v) is 10.4. The van der Waals surface area contributed by atoms with Gasteiger partial charge in [0, 0.05) is 12.8 Å². The standard InChI is InChI=1S/C44H86N2O6/c1-5-7-9-11-13-15-19-23-27-31-39-51-43(49)35-34-41(44(50)52-40-32-28-24-20-16-14-12-10-8-6-2)45-42(48)33-29-25-21-17-18-22-26-30-36-46(3,4)37-38-47/h41,47H,5-40H2,1-4H3/p+1. The Morgan fingerprint density at radius 2 is 0.923 bits per heavy atom. The number of ether oxygens (including phenoxy) is 2. The maximum absolute atomic E-state index is 13.0. The van der Waals surface area contributed by atoms with Gasteiger partial charge < -0.3 is 24.4 Å². The predicted octanol–water partition coefficient (Wildman–Crippen LogP) is 10.8. The highest BCUT2D eigenvalue weighted by molar-refractivity contribution is 5.85. The minimum absolute atomic E-state index is 0.0913. The van der Waals surface area contributed by atoms with Crippen molar-refractivity contribution < 1.29 is 33.4 Å². The molecular weight excluding hydrogens is 652 g/mol. The van der Waals surface area contributed by atoms with E-state index in [2.05, 4.69) is 33.3 Å². The van der Waals surface area contributed by atoms with Crippen LogP contribution in [-0.2, 0) is 23.9 Å². The smallest absolute Gasteiger partial charge is 0.328 e. The molecule has 0 aromatic rings. The molecule has 308 valence electrons. The van der Waals surface area contributed by atoms with Crippen molar-refractivity contribution in [3.63, 3.8) is 0 Å². The number of aliphatic hydroxyl groups is 1. The van der Waals surface area contributed by atoms with E-state index in [0.29, 0.717) is 19.6 Å². The Labute approximate surface area is 321 Å². The van der Waals surface area contributed by atoms with E-state index in [0.717, 1.165) is 68.9 Å². The molecule has 8 heteroatoms. The van der Waals surface area contributed by atoms with Gasteiger partial charge in [0.2, 0.25) is 5.91 Å². The average molecular weight is 740 g/mol. The van der Waals surface area contributed by atoms with Crippen molar-refractivity contribution in [2.75, 3.05) is 47.0 Å². The highest BCUT2D eigenvalue weighted by atomic mass is 16.5. The van der Waals surface area contributed by atoms with Crippen LogP contribution in [-0.4, -0.2) is 80.5 Å². The number of aliphatic hydroxyl groups excluding tert-OH is 1. The van der Waals surface area contributed by atoms with Gasteiger partial charge >= 0.3 is 11.9 Å². The molecule has 2 N–H and O–H groups in total. The number of hydrogen-bond acceptors (Lipinski definition) is 6. The fourth-order valence-electron chi connectivity index (χ4n) is 6.76. The second-order valence-electron chi connectivity index (χ2n) is 16.1. The van der Waals surface area contributed by atoms with Gasteiger partial charge in [0.25, 0.3) is 0 Å². The van der Waals surface area contributed by atoms with E-state index in [1.165, 1.54) is 128 Å². The summed E-state index contributed by atoms with van der Waals surface area (Å²) in [7, 11) is 4.34. The molecule has 1 unspecified atom stereocenters. The molecular formula is C44H87N2O6+. The Morgan fingerprint density at radius 1 is 0.519 bits per heavy atom. The number of likely N-dealkylation sites (N-methyl/N-ethyl adjacent to an activating group) is 1. The summed E-state index contributed by atoms with van der Waals surface area (Å²) in [6.45, 7) is 7.40. The van der Waals surface area contributed by atoms with Crippen LogP contribution in [0.25, 0.3) is 0 Å². The predicted molar refractivity (Wildman–Crippen MR) is 217 cm³/mol. The van der Waals surface area contributed by atoms with Crippen molar-refractivity contribution in [1.29, 1.82) is 0 Å². The second-order valence-corrected chi connectivity index (χ2v) is 16.1. The Hall–Kier alpha value is -1.67. The van der Waals surface area contributed by atoms with Gasteiger partial charge in [0.05, 0.1) is 40.5 Å². The molecule has 0 aliphatic carbocycles. The van der Waals surface area contributed by atoms with Crippen molar-refractivity contribution in [2.45, 2.75) is 219 Å². The molecule has 0 spiro atoms. The fraction of sp³-hybridized carbons (Fsp3) is 0.932. The number of nitrogens with zero attached hydrogens (tertiary/aromatic N) is 1. The number of rotatable bonds is 40. The zero-order valence-electron chi connectivity index (χ0n) is 35.0. The lowest BCUT2D eigenvalue weighted by Gasteiger charge is -2.28. The topological polar surface area (TPSA) is 102 Å². The summed E-state index contributed by atoms with van der Waals surface area (Å²) in [5.74, 6) is -0.904. The van der Waals surface area contributed by atoms with Crippen LogP contribution in [0.1, 0.15) is 213 Å². The van der Waals surface area contributed by atoms with Gasteiger partial charge in [-0.1, -0.05) is 162 Å². The van der Waals surface area contributed by atoms with E-state index in [4.69, 9.17) is 9.47 Å². The number of amides is 1. The van der Waals surface area contributed by atoms with Gasteiger partial charge in [-0.2, -0.15) is 0 Å². The van der Waals surface area contributed by atoms with Gasteiger partial charge in [-0.05, 0) is 38.5 Å². The quantitative estimate of drug-likeness (QED) is 0.0368. The Bertz CT molecular complexity index is 821. The van der Waals surface area contributed by atoms with Crippen molar-refractivity contribution >= 4 is 17.8 Å². The SMILES string of the molecule is CCCCCCCCCCCCOC(=O)CCC(NC(=O)CCCCCCCCCC[N+](C)(C)CCO)C(=O)OCCCCCCCCCCCC. The molecule has 1 atom stereocenters. The summed E-state index contributed by atoms with van der Waals surface area (Å²) >= 11 is 0. The van der Waals surface area contributed by atoms with Crippen molar-refractivity contribution in [3.05, 3.63) is 0 Å². The van der Waals surface area contributed by atoms with E-state index in [9.17, 15) is 19.5 Å². The zero-order chi connectivity index (χ0) is 38.4. The van der Waals surface area contributed by atoms with Crippen molar-refractivity contribution in [1.82, 2.24) is 5.32 Å². The first-order valence-electron chi connectivity index (χ1n) is 22.3. The molecule has 0 radical (unpaired) electrons. The zero-order valence-corrected chi connectivity index (χ0v) is 35.0. The summed E-state index contributed by atoms with van der Waals surface area (Å²) in [5.41, 5.74) is 0. The number of esters is 2. The Morgan fingerprint density at radius 3 is 1.38 bits per heavy atom. The molecule has 0 aliphatic heterocycles. The van der Waals surface area contributed by atoms with Crippen LogP contribution in [0.2, 0.25) is 0 Å². The molecule has 0 aromatic heterocycles. The lowest BCUT2D eigenvalue weighted by molar-refractivity contribution is -0.890. The first-order valence-corrected chi connectivity index (χ1v) is 22.3. The molecule has 1 amide bonds. The normalized spacial score (nSPS) is 12.2. The number of carbonyl (C=O) groups is 3. The van der Waals surface area contributed by atoms with Crippen LogP contribution in [0.3, 0.4) is 0 Å². The molecule has 0 aromatic carbocycles. The highest BCUT2D eigenvalue weighted by Gasteiger charge is 2.23.